The van der Waals surface area contributed by atoms with Crippen LogP contribution in [0.1, 0.15) is 32.1 Å². The van der Waals surface area contributed by atoms with E-state index in [-0.39, 0.29) is 6.29 Å². The molecule has 2 nitrogen and oxygen atoms in total. The first-order chi connectivity index (χ1) is 8.08. The number of ether oxygens (including phenoxy) is 2. The predicted octanol–water partition coefficient (Wildman–Crippen LogP) is 4.20. The molecular formula is C14H28O2Si. The van der Waals surface area contributed by atoms with Crippen LogP contribution in [-0.4, -0.2) is 27.6 Å². The van der Waals surface area contributed by atoms with Gasteiger partial charge in [0.2, 0.25) is 0 Å². The molecule has 0 aromatic carbocycles. The lowest BCUT2D eigenvalue weighted by Gasteiger charge is -2.22. The lowest BCUT2D eigenvalue weighted by Crippen LogP contribution is -2.22. The van der Waals surface area contributed by atoms with Crippen molar-refractivity contribution in [2.45, 2.75) is 64.1 Å². The van der Waals surface area contributed by atoms with E-state index in [0.29, 0.717) is 0 Å². The molecule has 0 aromatic rings. The van der Waals surface area contributed by atoms with Crippen LogP contribution in [0.3, 0.4) is 0 Å². The highest BCUT2D eigenvalue weighted by Crippen LogP contribution is 2.14. The van der Waals surface area contributed by atoms with Gasteiger partial charge < -0.3 is 9.47 Å². The molecule has 1 unspecified atom stereocenters. The monoisotopic (exact) mass is 256 g/mol. The molecule has 0 aromatic heterocycles. The van der Waals surface area contributed by atoms with Gasteiger partial charge in [0.25, 0.3) is 0 Å². The minimum Gasteiger partial charge on any atom is -0.353 e. The van der Waals surface area contributed by atoms with Crippen molar-refractivity contribution in [3.63, 3.8) is 0 Å². The van der Waals surface area contributed by atoms with Gasteiger partial charge >= 0.3 is 0 Å². The molecule has 1 heterocycles. The third-order valence-electron chi connectivity index (χ3n) is 2.85. The van der Waals surface area contributed by atoms with E-state index >= 15 is 0 Å². The Kier molecular flexibility index (Phi) is 7.08. The second kappa shape index (κ2) is 8.06. The lowest BCUT2D eigenvalue weighted by atomic mass is 10.2. The molecular weight excluding hydrogens is 228 g/mol. The van der Waals surface area contributed by atoms with E-state index in [9.17, 15) is 0 Å². The van der Waals surface area contributed by atoms with Crippen LogP contribution in [0.2, 0.25) is 25.7 Å². The van der Waals surface area contributed by atoms with Gasteiger partial charge in [-0.15, -0.1) is 0 Å². The number of hydrogen-bond acceptors (Lipinski definition) is 2. The Balaban J connectivity index is 1.93. The zero-order valence-electron chi connectivity index (χ0n) is 11.7. The normalized spacial score (nSPS) is 22.2. The first-order valence-corrected chi connectivity index (χ1v) is 10.7. The molecule has 17 heavy (non-hydrogen) atoms. The van der Waals surface area contributed by atoms with Crippen LogP contribution >= 0.6 is 0 Å². The maximum Gasteiger partial charge on any atom is 0.157 e. The number of hydrogen-bond donors (Lipinski definition) is 0. The van der Waals surface area contributed by atoms with Crippen LogP contribution in [-0.2, 0) is 9.47 Å². The van der Waals surface area contributed by atoms with E-state index in [1.807, 2.05) is 0 Å². The summed E-state index contributed by atoms with van der Waals surface area (Å²) in [6.45, 7) is 8.92. The molecule has 1 rings (SSSR count). The Hall–Kier alpha value is -0.123. The maximum absolute atomic E-state index is 5.68. The van der Waals surface area contributed by atoms with E-state index < -0.39 is 8.07 Å². The summed E-state index contributed by atoms with van der Waals surface area (Å²) in [6.07, 6.45) is 10.5. The van der Waals surface area contributed by atoms with Gasteiger partial charge in [-0.25, -0.2) is 0 Å². The smallest absolute Gasteiger partial charge is 0.157 e. The molecule has 3 heteroatoms. The number of unbranched alkanes of at least 4 members (excludes halogenated alkanes) is 1. The summed E-state index contributed by atoms with van der Waals surface area (Å²) in [5.41, 5.74) is 0. The SMILES string of the molecule is C[Si](C)(C)C/C=C\CCCOC1CCCCO1. The molecule has 0 saturated carbocycles. The second-order valence-corrected chi connectivity index (χ2v) is 11.6. The lowest BCUT2D eigenvalue weighted by molar-refractivity contribution is -0.162. The Labute approximate surface area is 107 Å². The van der Waals surface area contributed by atoms with Crippen molar-refractivity contribution in [2.75, 3.05) is 13.2 Å². The van der Waals surface area contributed by atoms with Gasteiger partial charge in [-0.05, 0) is 38.1 Å². The highest BCUT2D eigenvalue weighted by Gasteiger charge is 2.13. The number of allylic oxidation sites excluding steroid dienone is 2. The predicted molar refractivity (Wildman–Crippen MR) is 76.1 cm³/mol. The van der Waals surface area contributed by atoms with Crippen molar-refractivity contribution in [1.82, 2.24) is 0 Å². The molecule has 0 radical (unpaired) electrons. The fraction of sp³-hybridized carbons (Fsp3) is 0.857. The molecule has 0 spiro atoms. The first-order valence-electron chi connectivity index (χ1n) is 6.96. The van der Waals surface area contributed by atoms with Crippen molar-refractivity contribution in [2.24, 2.45) is 0 Å². The van der Waals surface area contributed by atoms with Crippen molar-refractivity contribution in [1.29, 1.82) is 0 Å². The van der Waals surface area contributed by atoms with Gasteiger partial charge in [0, 0.05) is 14.7 Å². The third-order valence-corrected chi connectivity index (χ3v) is 4.31. The minimum atomic E-state index is -0.891. The molecule has 100 valence electrons. The Morgan fingerprint density at radius 2 is 2.06 bits per heavy atom. The Morgan fingerprint density at radius 1 is 1.24 bits per heavy atom. The molecule has 1 atom stereocenters. The average Bonchev–Trinajstić information content (AvgIpc) is 2.28. The summed E-state index contributed by atoms with van der Waals surface area (Å²) in [6, 6.07) is 1.29. The minimum absolute atomic E-state index is 0.0784. The zero-order valence-corrected chi connectivity index (χ0v) is 12.7. The highest BCUT2D eigenvalue weighted by atomic mass is 28.3. The molecule has 0 bridgehead atoms. The average molecular weight is 256 g/mol. The molecule has 1 fully saturated rings. The highest BCUT2D eigenvalue weighted by molar-refractivity contribution is 6.76. The van der Waals surface area contributed by atoms with Crippen molar-refractivity contribution in [3.05, 3.63) is 12.2 Å². The van der Waals surface area contributed by atoms with Crippen LogP contribution in [0.15, 0.2) is 12.2 Å². The van der Waals surface area contributed by atoms with Gasteiger partial charge in [0.05, 0.1) is 6.61 Å². The van der Waals surface area contributed by atoms with Crippen LogP contribution in [0.4, 0.5) is 0 Å². The zero-order chi connectivity index (χ0) is 12.6. The van der Waals surface area contributed by atoms with Crippen molar-refractivity contribution >= 4 is 8.07 Å². The molecule has 0 N–H and O–H groups in total. The molecule has 0 amide bonds. The van der Waals surface area contributed by atoms with Crippen LogP contribution in [0.25, 0.3) is 0 Å². The molecule has 1 aliphatic rings. The number of rotatable bonds is 7. The van der Waals surface area contributed by atoms with E-state index in [1.54, 1.807) is 0 Å². The fourth-order valence-electron chi connectivity index (χ4n) is 1.81. The van der Waals surface area contributed by atoms with Gasteiger partial charge in [-0.2, -0.15) is 0 Å². The van der Waals surface area contributed by atoms with Crippen molar-refractivity contribution < 1.29 is 9.47 Å². The van der Waals surface area contributed by atoms with Crippen LogP contribution < -0.4 is 0 Å². The molecule has 0 aliphatic carbocycles. The first kappa shape index (κ1) is 14.9. The van der Waals surface area contributed by atoms with Gasteiger partial charge in [-0.1, -0.05) is 31.8 Å². The second-order valence-electron chi connectivity index (χ2n) is 6.05. The standard InChI is InChI=1S/C14H28O2Si/c1-17(2,3)13-9-5-4-7-11-15-14-10-6-8-12-16-14/h5,9,14H,4,6-8,10-13H2,1-3H3/b9-5-. The van der Waals surface area contributed by atoms with Crippen LogP contribution in [0, 0.1) is 0 Å². The van der Waals surface area contributed by atoms with Gasteiger partial charge in [0.15, 0.2) is 6.29 Å². The van der Waals surface area contributed by atoms with Crippen LogP contribution in [0.5, 0.6) is 0 Å². The van der Waals surface area contributed by atoms with E-state index in [1.165, 1.54) is 18.9 Å². The summed E-state index contributed by atoms with van der Waals surface area (Å²) in [4.78, 5) is 0. The maximum atomic E-state index is 5.68. The quantitative estimate of drug-likeness (QED) is 0.386. The molecule has 1 saturated heterocycles. The third kappa shape index (κ3) is 8.58. The summed E-state index contributed by atoms with van der Waals surface area (Å²) >= 11 is 0. The van der Waals surface area contributed by atoms with E-state index in [0.717, 1.165) is 32.5 Å². The summed E-state index contributed by atoms with van der Waals surface area (Å²) in [5, 5.41) is 0. The Morgan fingerprint density at radius 3 is 2.71 bits per heavy atom. The summed E-state index contributed by atoms with van der Waals surface area (Å²) in [7, 11) is -0.891. The van der Waals surface area contributed by atoms with Crippen molar-refractivity contribution in [3.8, 4) is 0 Å². The van der Waals surface area contributed by atoms with E-state index in [4.69, 9.17) is 9.47 Å². The summed E-state index contributed by atoms with van der Waals surface area (Å²) in [5.74, 6) is 0. The summed E-state index contributed by atoms with van der Waals surface area (Å²) < 4.78 is 11.2. The van der Waals surface area contributed by atoms with Gasteiger partial charge in [-0.3, -0.25) is 0 Å². The topological polar surface area (TPSA) is 18.5 Å². The fourth-order valence-corrected chi connectivity index (χ4v) is 2.69. The van der Waals surface area contributed by atoms with Gasteiger partial charge in [0.1, 0.15) is 0 Å². The molecule has 1 aliphatic heterocycles. The Bertz CT molecular complexity index is 215. The van der Waals surface area contributed by atoms with E-state index in [2.05, 4.69) is 31.8 Å². The largest absolute Gasteiger partial charge is 0.353 e.